The van der Waals surface area contributed by atoms with E-state index in [0.717, 1.165) is 27.7 Å². The molecule has 2 heterocycles. The highest BCUT2D eigenvalue weighted by Gasteiger charge is 2.27. The minimum atomic E-state index is -3.79. The van der Waals surface area contributed by atoms with Crippen LogP contribution in [0.25, 0.3) is 11.1 Å². The van der Waals surface area contributed by atoms with Crippen LogP contribution in [0.3, 0.4) is 0 Å². The molecule has 3 aromatic rings. The molecule has 1 aliphatic rings. The van der Waals surface area contributed by atoms with Crippen LogP contribution in [-0.2, 0) is 27.6 Å². The number of anilines is 1. The fourth-order valence-electron chi connectivity index (χ4n) is 4.56. The number of rotatable bonds is 8. The lowest BCUT2D eigenvalue weighted by Crippen LogP contribution is -2.33. The number of hydrogen-bond acceptors (Lipinski definition) is 7. The van der Waals surface area contributed by atoms with Crippen molar-refractivity contribution in [2.75, 3.05) is 37.8 Å². The summed E-state index contributed by atoms with van der Waals surface area (Å²) in [5, 5.41) is 11.5. The Morgan fingerprint density at radius 2 is 1.86 bits per heavy atom. The normalized spacial score (nSPS) is 13.0. The molecule has 0 radical (unpaired) electrons. The van der Waals surface area contributed by atoms with Crippen LogP contribution in [0.2, 0.25) is 0 Å². The number of aromatic nitrogens is 1. The van der Waals surface area contributed by atoms with Crippen LogP contribution in [0.5, 0.6) is 5.75 Å². The maximum absolute atomic E-state index is 15.3. The molecule has 1 aromatic heterocycles. The molecule has 222 valence electrons. The predicted molar refractivity (Wildman–Crippen MR) is 153 cm³/mol. The number of fused-ring (bicyclic) bond motifs is 1. The van der Waals surface area contributed by atoms with Crippen molar-refractivity contribution in [2.45, 2.75) is 31.7 Å². The Balaban J connectivity index is 1.55. The Bertz CT molecular complexity index is 1630. The summed E-state index contributed by atoms with van der Waals surface area (Å²) in [7, 11) is -2.51. The van der Waals surface area contributed by atoms with Gasteiger partial charge in [0.15, 0.2) is 9.84 Å². The van der Waals surface area contributed by atoms with E-state index in [1.165, 1.54) is 20.0 Å². The molecule has 2 N–H and O–H groups in total. The fourth-order valence-corrected chi connectivity index (χ4v) is 5.55. The maximum atomic E-state index is 15.3. The molecule has 0 unspecified atom stereocenters. The maximum Gasteiger partial charge on any atom is 0.407 e. The average Bonchev–Trinajstić information content (AvgIpc) is 3.18. The summed E-state index contributed by atoms with van der Waals surface area (Å²) in [5.41, 5.74) is 2.39. The first-order valence-corrected chi connectivity index (χ1v) is 14.9. The molecule has 0 saturated heterocycles. The SMILES string of the molecule is CCc1c(C(=O)N2CCOc3ccc(-c4ccc(NC(=O)CN(C)C(=O)O)nc4)cc3C2)ccc(S(=O)(=O)CC)c1F. The van der Waals surface area contributed by atoms with Crippen molar-refractivity contribution in [3.63, 3.8) is 0 Å². The third-order valence-corrected chi connectivity index (χ3v) is 8.65. The van der Waals surface area contributed by atoms with E-state index in [0.29, 0.717) is 5.75 Å². The number of carboxylic acid groups (broad SMARTS) is 1. The fraction of sp³-hybridized carbons (Fsp3) is 0.310. The van der Waals surface area contributed by atoms with Crippen LogP contribution < -0.4 is 10.1 Å². The van der Waals surface area contributed by atoms with Crippen LogP contribution in [0.4, 0.5) is 15.0 Å². The lowest BCUT2D eigenvalue weighted by molar-refractivity contribution is -0.116. The van der Waals surface area contributed by atoms with Crippen LogP contribution in [0.15, 0.2) is 53.6 Å². The number of nitrogens with zero attached hydrogens (tertiary/aromatic N) is 3. The number of amides is 3. The zero-order valence-electron chi connectivity index (χ0n) is 23.4. The standard InChI is InChI=1S/C29H31FN4O7S/c1-4-21-22(8-10-24(27(21)30)42(39,40)5-2)28(36)34-12-13-41-23-9-6-18(14-20(23)16-34)19-7-11-25(31-15-19)32-26(35)17-33(3)29(37)38/h6-11,14-15H,4-5,12-13,16-17H2,1-3H3,(H,37,38)(H,31,32,35). The largest absolute Gasteiger partial charge is 0.491 e. The third kappa shape index (κ3) is 6.51. The number of benzene rings is 2. The van der Waals surface area contributed by atoms with Gasteiger partial charge in [-0.2, -0.15) is 0 Å². The van der Waals surface area contributed by atoms with E-state index in [4.69, 9.17) is 9.84 Å². The molecule has 2 aromatic carbocycles. The molecule has 0 spiro atoms. The first kappa shape index (κ1) is 30.4. The van der Waals surface area contributed by atoms with E-state index in [1.807, 2.05) is 12.1 Å². The Labute approximate surface area is 242 Å². The summed E-state index contributed by atoms with van der Waals surface area (Å²) in [6.07, 6.45) is 0.477. The Morgan fingerprint density at radius 1 is 1.12 bits per heavy atom. The number of hydrogen-bond donors (Lipinski definition) is 2. The first-order valence-electron chi connectivity index (χ1n) is 13.2. The molecule has 13 heteroatoms. The van der Waals surface area contributed by atoms with E-state index < -0.39 is 38.5 Å². The van der Waals surface area contributed by atoms with Gasteiger partial charge in [0.25, 0.3) is 5.91 Å². The molecule has 0 aliphatic carbocycles. The van der Waals surface area contributed by atoms with Gasteiger partial charge < -0.3 is 25.0 Å². The summed E-state index contributed by atoms with van der Waals surface area (Å²) >= 11 is 0. The van der Waals surface area contributed by atoms with Gasteiger partial charge >= 0.3 is 6.09 Å². The van der Waals surface area contributed by atoms with Gasteiger partial charge in [0.2, 0.25) is 5.91 Å². The summed E-state index contributed by atoms with van der Waals surface area (Å²) in [5.74, 6) is -1.24. The molecule has 11 nitrogen and oxygen atoms in total. The average molecular weight is 599 g/mol. The number of halogens is 1. The van der Waals surface area contributed by atoms with Crippen molar-refractivity contribution in [1.82, 2.24) is 14.8 Å². The van der Waals surface area contributed by atoms with Gasteiger partial charge in [0.1, 0.15) is 35.4 Å². The second-order valence-corrected chi connectivity index (χ2v) is 11.9. The molecule has 4 rings (SSSR count). The molecule has 0 bridgehead atoms. The highest BCUT2D eigenvalue weighted by atomic mass is 32.2. The van der Waals surface area contributed by atoms with Crippen molar-refractivity contribution in [3.8, 4) is 16.9 Å². The Kier molecular flexibility index (Phi) is 9.10. The number of carbonyl (C=O) groups excluding carboxylic acids is 2. The number of likely N-dealkylation sites (N-methyl/N-ethyl adjacent to an activating group) is 1. The molecule has 42 heavy (non-hydrogen) atoms. The van der Waals surface area contributed by atoms with Crippen LogP contribution in [0.1, 0.15) is 35.3 Å². The van der Waals surface area contributed by atoms with Crippen LogP contribution >= 0.6 is 0 Å². The minimum Gasteiger partial charge on any atom is -0.491 e. The summed E-state index contributed by atoms with van der Waals surface area (Å²) in [6.45, 7) is 3.42. The quantitative estimate of drug-likeness (QED) is 0.398. The van der Waals surface area contributed by atoms with E-state index in [9.17, 15) is 22.8 Å². The predicted octanol–water partition coefficient (Wildman–Crippen LogP) is 3.83. The highest BCUT2D eigenvalue weighted by Crippen LogP contribution is 2.31. The van der Waals surface area contributed by atoms with Gasteiger partial charge in [-0.1, -0.05) is 19.9 Å². The number of pyridine rings is 1. The number of sulfone groups is 1. The smallest absolute Gasteiger partial charge is 0.407 e. The van der Waals surface area contributed by atoms with Crippen molar-refractivity contribution in [2.24, 2.45) is 0 Å². The number of nitrogens with one attached hydrogen (secondary N) is 1. The van der Waals surface area contributed by atoms with Gasteiger partial charge in [0.05, 0.1) is 12.3 Å². The summed E-state index contributed by atoms with van der Waals surface area (Å²) in [4.78, 5) is 42.8. The Morgan fingerprint density at radius 3 is 2.50 bits per heavy atom. The molecule has 3 amide bonds. The van der Waals surface area contributed by atoms with Crippen LogP contribution in [0, 0.1) is 5.82 Å². The lowest BCUT2D eigenvalue weighted by atomic mass is 10.0. The van der Waals surface area contributed by atoms with Gasteiger partial charge in [-0.25, -0.2) is 22.6 Å². The zero-order chi connectivity index (χ0) is 30.6. The minimum absolute atomic E-state index is 0.0570. The van der Waals surface area contributed by atoms with Crippen molar-refractivity contribution in [1.29, 1.82) is 0 Å². The monoisotopic (exact) mass is 598 g/mol. The zero-order valence-corrected chi connectivity index (χ0v) is 24.2. The molecular formula is C29H31FN4O7S. The second kappa shape index (κ2) is 12.6. The van der Waals surface area contributed by atoms with E-state index in [1.54, 1.807) is 36.2 Å². The number of ether oxygens (including phenoxy) is 1. The van der Waals surface area contributed by atoms with Gasteiger partial charge in [-0.05, 0) is 48.4 Å². The van der Waals surface area contributed by atoms with E-state index >= 15 is 4.39 Å². The first-order chi connectivity index (χ1) is 19.9. The third-order valence-electron chi connectivity index (χ3n) is 6.91. The molecule has 1 aliphatic heterocycles. The molecular weight excluding hydrogens is 567 g/mol. The summed E-state index contributed by atoms with van der Waals surface area (Å²) < 4.78 is 45.8. The van der Waals surface area contributed by atoms with E-state index in [2.05, 4.69) is 10.3 Å². The van der Waals surface area contributed by atoms with Crippen molar-refractivity contribution >= 4 is 33.6 Å². The Hall–Kier alpha value is -4.52. The molecule has 0 saturated carbocycles. The van der Waals surface area contributed by atoms with Gasteiger partial charge in [-0.3, -0.25) is 9.59 Å². The topological polar surface area (TPSA) is 146 Å². The van der Waals surface area contributed by atoms with Gasteiger partial charge in [-0.15, -0.1) is 0 Å². The molecule has 0 atom stereocenters. The highest BCUT2D eigenvalue weighted by molar-refractivity contribution is 7.91. The van der Waals surface area contributed by atoms with Crippen molar-refractivity contribution < 1.29 is 37.0 Å². The van der Waals surface area contributed by atoms with Crippen LogP contribution in [-0.4, -0.2) is 78.7 Å². The second-order valence-electron chi connectivity index (χ2n) is 9.68. The lowest BCUT2D eigenvalue weighted by Gasteiger charge is -2.22. The molecule has 0 fully saturated rings. The van der Waals surface area contributed by atoms with E-state index in [-0.39, 0.29) is 55.4 Å². The summed E-state index contributed by atoms with van der Waals surface area (Å²) in [6, 6.07) is 11.4. The van der Waals surface area contributed by atoms with Gasteiger partial charge in [0, 0.05) is 42.0 Å². The van der Waals surface area contributed by atoms with Crippen molar-refractivity contribution in [3.05, 3.63) is 71.2 Å². The number of carbonyl (C=O) groups is 3.